The summed E-state index contributed by atoms with van der Waals surface area (Å²) in [6.45, 7) is 6.87. The van der Waals surface area contributed by atoms with Crippen LogP contribution in [-0.2, 0) is 11.0 Å². The van der Waals surface area contributed by atoms with Gasteiger partial charge in [0.15, 0.2) is 5.60 Å². The minimum absolute atomic E-state index is 0.113. The average Bonchev–Trinajstić information content (AvgIpc) is 2.83. The number of nitrogens with one attached hydrogen (secondary N) is 1. The molecule has 1 aromatic carbocycles. The van der Waals surface area contributed by atoms with E-state index in [9.17, 15) is 28.5 Å². The fraction of sp³-hybridized carbons (Fsp3) is 0.481. The van der Waals surface area contributed by atoms with Gasteiger partial charge in [0.2, 0.25) is 5.88 Å². The summed E-state index contributed by atoms with van der Waals surface area (Å²) in [7, 11) is 0. The highest BCUT2D eigenvalue weighted by Gasteiger charge is 2.35. The zero-order valence-electron chi connectivity index (χ0n) is 20.9. The molecule has 0 spiro atoms. The van der Waals surface area contributed by atoms with Gasteiger partial charge in [-0.05, 0) is 57.4 Å². The first-order chi connectivity index (χ1) is 16.9. The molecule has 0 aliphatic heterocycles. The van der Waals surface area contributed by atoms with E-state index in [1.165, 1.54) is 13.8 Å². The Hall–Kier alpha value is -3.59. The van der Waals surface area contributed by atoms with Crippen molar-refractivity contribution >= 4 is 5.91 Å². The van der Waals surface area contributed by atoms with Crippen LogP contribution in [0.2, 0.25) is 0 Å². The van der Waals surface area contributed by atoms with Crippen LogP contribution in [-0.4, -0.2) is 22.5 Å². The van der Waals surface area contributed by atoms with Crippen molar-refractivity contribution in [3.63, 3.8) is 0 Å². The molecule has 1 N–H and O–H groups in total. The number of rotatable bonds is 11. The molecule has 0 fully saturated rings. The zero-order chi connectivity index (χ0) is 26.9. The van der Waals surface area contributed by atoms with Gasteiger partial charge in [0.25, 0.3) is 5.91 Å². The molecule has 2 aromatic rings. The van der Waals surface area contributed by atoms with Crippen molar-refractivity contribution in [2.24, 2.45) is 5.92 Å². The largest absolute Gasteiger partial charge is 0.462 e. The number of ether oxygens (including phenoxy) is 1. The Labute approximate surface area is 210 Å². The maximum Gasteiger partial charge on any atom is 0.417 e. The molecule has 3 unspecified atom stereocenters. The molecule has 0 bridgehead atoms. The third kappa shape index (κ3) is 7.98. The Morgan fingerprint density at radius 2 is 1.92 bits per heavy atom. The van der Waals surface area contributed by atoms with Crippen LogP contribution in [0, 0.1) is 28.6 Å². The number of pyridine rings is 1. The van der Waals surface area contributed by atoms with Crippen LogP contribution >= 0.6 is 0 Å². The number of nitrogens with zero attached hydrogens (tertiary/aromatic N) is 3. The van der Waals surface area contributed by atoms with Crippen molar-refractivity contribution in [2.45, 2.75) is 77.1 Å². The lowest BCUT2D eigenvalue weighted by atomic mass is 9.82. The lowest BCUT2D eigenvalue weighted by Crippen LogP contribution is -2.51. The summed E-state index contributed by atoms with van der Waals surface area (Å²) in [6, 6.07) is 13.1. The molecule has 2 rings (SSSR count). The van der Waals surface area contributed by atoms with Gasteiger partial charge in [0, 0.05) is 30.1 Å². The normalized spacial score (nSPS) is 14.1. The Morgan fingerprint density at radius 1 is 1.19 bits per heavy atom. The lowest BCUT2D eigenvalue weighted by Gasteiger charge is -2.31. The highest BCUT2D eigenvalue weighted by molar-refractivity contribution is 5.85. The van der Waals surface area contributed by atoms with Crippen LogP contribution in [0.4, 0.5) is 13.2 Å². The molecule has 1 aromatic heterocycles. The van der Waals surface area contributed by atoms with E-state index in [-0.39, 0.29) is 17.7 Å². The number of amides is 1. The first-order valence-electron chi connectivity index (χ1n) is 11.8. The monoisotopic (exact) mass is 500 g/mol. The highest BCUT2D eigenvalue weighted by atomic mass is 19.4. The second-order valence-corrected chi connectivity index (χ2v) is 9.31. The second kappa shape index (κ2) is 12.4. The Morgan fingerprint density at radius 3 is 2.47 bits per heavy atom. The Kier molecular flexibility index (Phi) is 9.86. The maximum atomic E-state index is 13.1. The molecule has 0 aliphatic rings. The van der Waals surface area contributed by atoms with Crippen LogP contribution in [0.15, 0.2) is 42.6 Å². The van der Waals surface area contributed by atoms with Crippen LogP contribution in [0.5, 0.6) is 5.88 Å². The molecule has 0 saturated carbocycles. The van der Waals surface area contributed by atoms with Crippen molar-refractivity contribution < 1.29 is 22.7 Å². The minimum Gasteiger partial charge on any atom is -0.462 e. The fourth-order valence-corrected chi connectivity index (χ4v) is 3.86. The molecule has 3 atom stereocenters. The van der Waals surface area contributed by atoms with Gasteiger partial charge >= 0.3 is 6.18 Å². The third-order valence-electron chi connectivity index (χ3n) is 6.00. The predicted octanol–water partition coefficient (Wildman–Crippen LogP) is 6.14. The van der Waals surface area contributed by atoms with Crippen molar-refractivity contribution in [1.82, 2.24) is 10.3 Å². The number of unbranched alkanes of at least 4 members (excludes halogenated alkanes) is 1. The van der Waals surface area contributed by atoms with E-state index in [2.05, 4.69) is 29.4 Å². The fourth-order valence-electron chi connectivity index (χ4n) is 3.86. The second-order valence-electron chi connectivity index (χ2n) is 9.31. The summed E-state index contributed by atoms with van der Waals surface area (Å²) in [4.78, 5) is 16.8. The van der Waals surface area contributed by atoms with Crippen LogP contribution < -0.4 is 10.1 Å². The number of carbonyl (C=O) groups is 1. The van der Waals surface area contributed by atoms with E-state index in [1.54, 1.807) is 18.2 Å². The molecule has 0 radical (unpaired) electrons. The molecule has 9 heteroatoms. The van der Waals surface area contributed by atoms with E-state index in [1.807, 2.05) is 13.0 Å². The molecular weight excluding hydrogens is 469 g/mol. The number of halogens is 3. The highest BCUT2D eigenvalue weighted by Crippen LogP contribution is 2.32. The first kappa shape index (κ1) is 28.6. The maximum absolute atomic E-state index is 13.1. The SMILES string of the molecule is CCCCC(C#N)CC(c1cccc(C#N)c1)C(C)NC(=O)C(C)(C)Oc1ccc(C(F)(F)F)cn1. The predicted molar refractivity (Wildman–Crippen MR) is 129 cm³/mol. The molecule has 0 aliphatic carbocycles. The van der Waals surface area contributed by atoms with Gasteiger partial charge in [-0.1, -0.05) is 31.9 Å². The van der Waals surface area contributed by atoms with Crippen LogP contribution in [0.3, 0.4) is 0 Å². The summed E-state index contributed by atoms with van der Waals surface area (Å²) in [6.07, 6.45) is -0.773. The summed E-state index contributed by atoms with van der Waals surface area (Å²) in [5, 5.41) is 21.9. The summed E-state index contributed by atoms with van der Waals surface area (Å²) in [5.41, 5.74) is -1.03. The molecule has 0 saturated heterocycles. The molecule has 1 heterocycles. The number of carbonyl (C=O) groups excluding carboxylic acids is 1. The molecular formula is C27H31F3N4O2. The van der Waals surface area contributed by atoms with Gasteiger partial charge in [-0.15, -0.1) is 0 Å². The van der Waals surface area contributed by atoms with E-state index < -0.39 is 29.3 Å². The van der Waals surface area contributed by atoms with Crippen molar-refractivity contribution in [2.75, 3.05) is 0 Å². The van der Waals surface area contributed by atoms with Gasteiger partial charge in [-0.25, -0.2) is 4.98 Å². The number of aromatic nitrogens is 1. The van der Waals surface area contributed by atoms with Gasteiger partial charge in [0.05, 0.1) is 23.3 Å². The summed E-state index contributed by atoms with van der Waals surface area (Å²) in [5.74, 6) is -1.07. The van der Waals surface area contributed by atoms with E-state index in [0.29, 0.717) is 18.2 Å². The summed E-state index contributed by atoms with van der Waals surface area (Å²) < 4.78 is 44.0. The van der Waals surface area contributed by atoms with Crippen molar-refractivity contribution in [3.8, 4) is 18.0 Å². The van der Waals surface area contributed by atoms with E-state index in [4.69, 9.17) is 4.74 Å². The lowest BCUT2D eigenvalue weighted by molar-refractivity contribution is -0.138. The van der Waals surface area contributed by atoms with Gasteiger partial charge in [-0.2, -0.15) is 23.7 Å². The number of benzene rings is 1. The van der Waals surface area contributed by atoms with Gasteiger partial charge in [-0.3, -0.25) is 4.79 Å². The van der Waals surface area contributed by atoms with E-state index in [0.717, 1.165) is 37.0 Å². The van der Waals surface area contributed by atoms with Crippen molar-refractivity contribution in [3.05, 3.63) is 59.3 Å². The van der Waals surface area contributed by atoms with Crippen LogP contribution in [0.25, 0.3) is 0 Å². The molecule has 6 nitrogen and oxygen atoms in total. The van der Waals surface area contributed by atoms with Gasteiger partial charge in [0.1, 0.15) is 0 Å². The number of alkyl halides is 3. The van der Waals surface area contributed by atoms with Crippen LogP contribution in [0.1, 0.15) is 76.0 Å². The smallest absolute Gasteiger partial charge is 0.417 e. The molecule has 36 heavy (non-hydrogen) atoms. The average molecular weight is 501 g/mol. The Bertz CT molecular complexity index is 1100. The molecule has 1 amide bonds. The first-order valence-corrected chi connectivity index (χ1v) is 11.8. The molecule has 192 valence electrons. The number of nitriles is 2. The van der Waals surface area contributed by atoms with Crippen molar-refractivity contribution in [1.29, 1.82) is 10.5 Å². The van der Waals surface area contributed by atoms with E-state index >= 15 is 0 Å². The number of hydrogen-bond acceptors (Lipinski definition) is 5. The standard InChI is InChI=1S/C27H31F3N4O2/c1-5-6-8-20(16-32)14-23(21-10-7-9-19(13-21)15-31)18(2)34-25(35)26(3,4)36-24-12-11-22(17-33-24)27(28,29)30/h7,9-13,17-18,20,23H,5-6,8,14H2,1-4H3,(H,34,35). The quantitative estimate of drug-likeness (QED) is 0.400. The van der Waals surface area contributed by atoms with Gasteiger partial charge < -0.3 is 10.1 Å². The summed E-state index contributed by atoms with van der Waals surface area (Å²) >= 11 is 0. The minimum atomic E-state index is -4.52. The topological polar surface area (TPSA) is 98.8 Å². The number of hydrogen-bond donors (Lipinski definition) is 1. The Balaban J connectivity index is 2.21. The zero-order valence-corrected chi connectivity index (χ0v) is 20.9. The third-order valence-corrected chi connectivity index (χ3v) is 6.00.